The minimum atomic E-state index is 0.0439. The molecule has 0 aromatic carbocycles. The third-order valence-corrected chi connectivity index (χ3v) is 4.60. The number of hydrogen-bond donors (Lipinski definition) is 1. The van der Waals surface area contributed by atoms with Gasteiger partial charge in [0.2, 0.25) is 5.91 Å². The number of nitrogens with zero attached hydrogens (tertiary/aromatic N) is 1. The number of hydrogen-bond acceptors (Lipinski definition) is 2. The van der Waals surface area contributed by atoms with Gasteiger partial charge in [0.05, 0.1) is 0 Å². The Labute approximate surface area is 105 Å². The fraction of sp³-hybridized carbons (Fsp3) is 0.929. The van der Waals surface area contributed by atoms with Gasteiger partial charge in [-0.2, -0.15) is 0 Å². The molecule has 3 nitrogen and oxygen atoms in total. The molecule has 2 aliphatic heterocycles. The second kappa shape index (κ2) is 4.60. The van der Waals surface area contributed by atoms with Crippen molar-refractivity contribution in [3.05, 3.63) is 0 Å². The largest absolute Gasteiger partial charge is 0.337 e. The molecule has 0 aromatic heterocycles. The summed E-state index contributed by atoms with van der Waals surface area (Å²) in [6.45, 7) is 12.0. The second-order valence-corrected chi connectivity index (χ2v) is 6.62. The Morgan fingerprint density at radius 3 is 2.71 bits per heavy atom. The predicted molar refractivity (Wildman–Crippen MR) is 69.7 cm³/mol. The molecule has 0 spiro atoms. The molecule has 0 aliphatic carbocycles. The summed E-state index contributed by atoms with van der Waals surface area (Å²) in [6, 6.07) is 0. The van der Waals surface area contributed by atoms with Crippen molar-refractivity contribution in [1.82, 2.24) is 10.2 Å². The van der Waals surface area contributed by atoms with Gasteiger partial charge in [-0.3, -0.25) is 4.79 Å². The molecule has 0 aromatic rings. The number of carbonyl (C=O) groups is 1. The highest BCUT2D eigenvalue weighted by molar-refractivity contribution is 5.77. The van der Waals surface area contributed by atoms with E-state index in [1.54, 1.807) is 0 Å². The molecule has 2 atom stereocenters. The Morgan fingerprint density at radius 2 is 2.12 bits per heavy atom. The van der Waals surface area contributed by atoms with E-state index in [0.717, 1.165) is 26.1 Å². The average Bonchev–Trinajstić information content (AvgIpc) is 2.78. The lowest BCUT2D eigenvalue weighted by molar-refractivity contribution is -0.135. The fourth-order valence-corrected chi connectivity index (χ4v) is 3.39. The van der Waals surface area contributed by atoms with Crippen LogP contribution < -0.4 is 5.32 Å². The van der Waals surface area contributed by atoms with Crippen LogP contribution in [-0.4, -0.2) is 36.0 Å². The van der Waals surface area contributed by atoms with Crippen LogP contribution in [-0.2, 0) is 4.79 Å². The molecular weight excluding hydrogens is 212 g/mol. The molecule has 98 valence electrons. The third-order valence-electron chi connectivity index (χ3n) is 4.60. The smallest absolute Gasteiger partial charge is 0.223 e. The highest BCUT2D eigenvalue weighted by Gasteiger charge is 2.50. The zero-order valence-electron chi connectivity index (χ0n) is 11.6. The molecule has 2 aliphatic rings. The summed E-state index contributed by atoms with van der Waals surface area (Å²) in [5.41, 5.74) is 0.0439. The summed E-state index contributed by atoms with van der Waals surface area (Å²) >= 11 is 0. The van der Waals surface area contributed by atoms with E-state index >= 15 is 0 Å². The lowest BCUT2D eigenvalue weighted by Crippen LogP contribution is -2.47. The van der Waals surface area contributed by atoms with Crippen molar-refractivity contribution in [1.29, 1.82) is 0 Å². The van der Waals surface area contributed by atoms with E-state index in [1.165, 1.54) is 0 Å². The average molecular weight is 238 g/mol. The first-order valence-corrected chi connectivity index (χ1v) is 6.94. The molecule has 0 bridgehead atoms. The second-order valence-electron chi connectivity index (χ2n) is 6.62. The Kier molecular flexibility index (Phi) is 3.48. The lowest BCUT2D eigenvalue weighted by Gasteiger charge is -2.35. The monoisotopic (exact) mass is 238 g/mol. The molecule has 2 fully saturated rings. The van der Waals surface area contributed by atoms with Crippen molar-refractivity contribution >= 4 is 5.91 Å². The number of amides is 1. The van der Waals surface area contributed by atoms with Gasteiger partial charge in [-0.05, 0) is 38.0 Å². The minimum Gasteiger partial charge on any atom is -0.337 e. The summed E-state index contributed by atoms with van der Waals surface area (Å²) in [6.07, 6.45) is 1.73. The standard InChI is InChI=1S/C14H26N2O/c1-10(2)5-6-13(17)16-9-11-7-15-8-12(11)14(16,3)4/h10-12,15H,5-9H2,1-4H3. The number of nitrogens with one attached hydrogen (secondary N) is 1. The van der Waals surface area contributed by atoms with Crippen LogP contribution in [0.15, 0.2) is 0 Å². The van der Waals surface area contributed by atoms with Gasteiger partial charge in [0.25, 0.3) is 0 Å². The van der Waals surface area contributed by atoms with Crippen molar-refractivity contribution in [2.24, 2.45) is 17.8 Å². The maximum atomic E-state index is 12.3. The zero-order valence-corrected chi connectivity index (χ0v) is 11.6. The molecule has 2 unspecified atom stereocenters. The molecule has 2 heterocycles. The van der Waals surface area contributed by atoms with Crippen LogP contribution in [0.5, 0.6) is 0 Å². The zero-order chi connectivity index (χ0) is 12.6. The van der Waals surface area contributed by atoms with Crippen molar-refractivity contribution in [3.8, 4) is 0 Å². The van der Waals surface area contributed by atoms with Crippen LogP contribution in [0.25, 0.3) is 0 Å². The Morgan fingerprint density at radius 1 is 1.41 bits per heavy atom. The Balaban J connectivity index is 2.00. The van der Waals surface area contributed by atoms with Gasteiger partial charge in [-0.1, -0.05) is 13.8 Å². The van der Waals surface area contributed by atoms with Gasteiger partial charge >= 0.3 is 0 Å². The van der Waals surface area contributed by atoms with Crippen LogP contribution in [0.2, 0.25) is 0 Å². The maximum absolute atomic E-state index is 12.3. The van der Waals surface area contributed by atoms with Crippen LogP contribution in [0.3, 0.4) is 0 Å². The Bertz CT molecular complexity index is 299. The summed E-state index contributed by atoms with van der Waals surface area (Å²) in [4.78, 5) is 14.4. The molecule has 17 heavy (non-hydrogen) atoms. The molecule has 2 rings (SSSR count). The van der Waals surface area contributed by atoms with E-state index in [0.29, 0.717) is 30.1 Å². The van der Waals surface area contributed by atoms with Gasteiger partial charge in [-0.15, -0.1) is 0 Å². The fourth-order valence-electron chi connectivity index (χ4n) is 3.39. The molecule has 3 heteroatoms. The first kappa shape index (κ1) is 12.9. The van der Waals surface area contributed by atoms with Crippen molar-refractivity contribution < 1.29 is 4.79 Å². The van der Waals surface area contributed by atoms with Crippen LogP contribution in [0.1, 0.15) is 40.5 Å². The van der Waals surface area contributed by atoms with Crippen LogP contribution >= 0.6 is 0 Å². The van der Waals surface area contributed by atoms with Gasteiger partial charge in [0.15, 0.2) is 0 Å². The van der Waals surface area contributed by atoms with E-state index in [-0.39, 0.29) is 5.54 Å². The van der Waals surface area contributed by atoms with Gasteiger partial charge < -0.3 is 10.2 Å². The van der Waals surface area contributed by atoms with Gasteiger partial charge in [0, 0.05) is 31.6 Å². The maximum Gasteiger partial charge on any atom is 0.223 e. The molecule has 0 radical (unpaired) electrons. The number of carbonyl (C=O) groups excluding carboxylic acids is 1. The summed E-state index contributed by atoms with van der Waals surface area (Å²) in [5, 5.41) is 3.45. The number of likely N-dealkylation sites (tertiary alicyclic amines) is 1. The quantitative estimate of drug-likeness (QED) is 0.814. The normalized spacial score (nSPS) is 31.0. The van der Waals surface area contributed by atoms with Gasteiger partial charge in [0.1, 0.15) is 0 Å². The number of rotatable bonds is 3. The molecular formula is C14H26N2O. The van der Waals surface area contributed by atoms with Gasteiger partial charge in [-0.25, -0.2) is 0 Å². The number of fused-ring (bicyclic) bond motifs is 1. The van der Waals surface area contributed by atoms with E-state index in [4.69, 9.17) is 0 Å². The Hall–Kier alpha value is -0.570. The van der Waals surface area contributed by atoms with Crippen LogP contribution in [0.4, 0.5) is 0 Å². The van der Waals surface area contributed by atoms with Crippen molar-refractivity contribution in [2.75, 3.05) is 19.6 Å². The molecule has 1 N–H and O–H groups in total. The molecule has 0 saturated carbocycles. The lowest BCUT2D eigenvalue weighted by atomic mass is 9.85. The summed E-state index contributed by atoms with van der Waals surface area (Å²) in [7, 11) is 0. The van der Waals surface area contributed by atoms with E-state index in [2.05, 4.69) is 37.9 Å². The van der Waals surface area contributed by atoms with E-state index in [1.807, 2.05) is 0 Å². The first-order valence-electron chi connectivity index (χ1n) is 6.94. The first-order chi connectivity index (χ1) is 7.93. The highest BCUT2D eigenvalue weighted by atomic mass is 16.2. The molecule has 1 amide bonds. The minimum absolute atomic E-state index is 0.0439. The predicted octanol–water partition coefficient (Wildman–Crippen LogP) is 1.88. The van der Waals surface area contributed by atoms with Crippen molar-refractivity contribution in [3.63, 3.8) is 0 Å². The summed E-state index contributed by atoms with van der Waals surface area (Å²) in [5.74, 6) is 2.29. The SMILES string of the molecule is CC(C)CCC(=O)N1CC2CNCC2C1(C)C. The third kappa shape index (κ3) is 2.35. The van der Waals surface area contributed by atoms with E-state index < -0.39 is 0 Å². The van der Waals surface area contributed by atoms with Crippen LogP contribution in [0, 0.1) is 17.8 Å². The molecule has 2 saturated heterocycles. The topological polar surface area (TPSA) is 32.3 Å². The highest BCUT2D eigenvalue weighted by Crippen LogP contribution is 2.40. The summed E-state index contributed by atoms with van der Waals surface area (Å²) < 4.78 is 0. The van der Waals surface area contributed by atoms with Crippen molar-refractivity contribution in [2.45, 2.75) is 46.1 Å². The van der Waals surface area contributed by atoms with E-state index in [9.17, 15) is 4.79 Å².